The van der Waals surface area contributed by atoms with Gasteiger partial charge >= 0.3 is 0 Å². The van der Waals surface area contributed by atoms with Gasteiger partial charge in [0, 0.05) is 30.8 Å². The van der Waals surface area contributed by atoms with Crippen molar-refractivity contribution in [3.63, 3.8) is 0 Å². The first-order valence-corrected chi connectivity index (χ1v) is 9.31. The third-order valence-corrected chi connectivity index (χ3v) is 4.13. The molecule has 4 radical (unpaired) electrons. The van der Waals surface area contributed by atoms with Gasteiger partial charge in [-0.25, -0.2) is 9.97 Å². The summed E-state index contributed by atoms with van der Waals surface area (Å²) in [6.45, 7) is 5.49. The maximum atomic E-state index is 11.1. The fourth-order valence-electron chi connectivity index (χ4n) is 2.72. The number of anilines is 2. The van der Waals surface area contributed by atoms with Gasteiger partial charge in [-0.1, -0.05) is 42.1 Å². The molecule has 6 nitrogen and oxygen atoms in total. The topological polar surface area (TPSA) is 76.1 Å². The molecule has 0 saturated heterocycles. The third kappa shape index (κ3) is 6.24. The second-order valence-corrected chi connectivity index (χ2v) is 6.72. The summed E-state index contributed by atoms with van der Waals surface area (Å²) < 4.78 is 5.71. The van der Waals surface area contributed by atoms with Gasteiger partial charge in [-0.05, 0) is 29.8 Å². The average Bonchev–Trinajstić information content (AvgIpc) is 2.69. The summed E-state index contributed by atoms with van der Waals surface area (Å²) >= 11 is 0. The number of rotatable bonds is 8. The molecule has 0 bridgehead atoms. The lowest BCUT2D eigenvalue weighted by molar-refractivity contribution is -0.114. The van der Waals surface area contributed by atoms with E-state index in [0.717, 1.165) is 22.5 Å². The Kier molecular flexibility index (Phi) is 6.91. The Morgan fingerprint density at radius 3 is 2.40 bits per heavy atom. The van der Waals surface area contributed by atoms with Crippen LogP contribution in [0.2, 0.25) is 0 Å². The Hall–Kier alpha value is -3.54. The van der Waals surface area contributed by atoms with Crippen molar-refractivity contribution in [3.8, 4) is 11.6 Å². The maximum absolute atomic E-state index is 11.1. The molecule has 30 heavy (non-hydrogen) atoms. The molecule has 2 N–H and O–H groups in total. The monoisotopic (exact) mass is 394 g/mol. The van der Waals surface area contributed by atoms with E-state index >= 15 is 0 Å². The molecular weight excluding hydrogens is 374 g/mol. The van der Waals surface area contributed by atoms with Crippen LogP contribution in [0, 0.1) is 0 Å². The third-order valence-electron chi connectivity index (χ3n) is 4.13. The first kappa shape index (κ1) is 21.2. The van der Waals surface area contributed by atoms with Gasteiger partial charge in [-0.15, -0.1) is 0 Å². The fourth-order valence-corrected chi connectivity index (χ4v) is 2.72. The van der Waals surface area contributed by atoms with Crippen LogP contribution < -0.4 is 15.4 Å². The number of hydrogen-bond donors (Lipinski definition) is 2. The predicted octanol–water partition coefficient (Wildman–Crippen LogP) is 3.73. The van der Waals surface area contributed by atoms with E-state index < -0.39 is 5.72 Å². The zero-order valence-electron chi connectivity index (χ0n) is 16.6. The van der Waals surface area contributed by atoms with E-state index in [1.807, 2.05) is 48.5 Å². The van der Waals surface area contributed by atoms with Crippen LogP contribution in [0.1, 0.15) is 23.8 Å². The van der Waals surface area contributed by atoms with Gasteiger partial charge < -0.3 is 15.4 Å². The number of allylic oxidation sites excluding steroid dienone is 1. The lowest BCUT2D eigenvalue weighted by Gasteiger charge is -2.12. The van der Waals surface area contributed by atoms with E-state index in [9.17, 15) is 4.79 Å². The first-order valence-electron chi connectivity index (χ1n) is 9.31. The number of amides is 1. The number of aromatic nitrogens is 2. The Bertz CT molecular complexity index is 1020. The number of carbonyl (C=O) groups is 1. The quantitative estimate of drug-likeness (QED) is 0.570. The first-order chi connectivity index (χ1) is 14.4. The molecule has 0 fully saturated rings. The number of nitrogens with zero attached hydrogens (tertiary/aromatic N) is 2. The molecule has 0 atom stereocenters. The van der Waals surface area contributed by atoms with Crippen molar-refractivity contribution in [1.82, 2.24) is 9.97 Å². The Morgan fingerprint density at radius 2 is 1.77 bits per heavy atom. The second kappa shape index (κ2) is 9.78. The summed E-state index contributed by atoms with van der Waals surface area (Å²) in [4.78, 5) is 19.1. The van der Waals surface area contributed by atoms with Crippen LogP contribution in [0.4, 0.5) is 11.5 Å². The summed E-state index contributed by atoms with van der Waals surface area (Å²) in [6.07, 6.45) is 2.00. The molecular formula is C22H20B2N4O2. The van der Waals surface area contributed by atoms with E-state index in [2.05, 4.69) is 27.2 Å². The molecule has 146 valence electrons. The van der Waals surface area contributed by atoms with Gasteiger partial charge in [0.05, 0.1) is 15.7 Å². The van der Waals surface area contributed by atoms with Gasteiger partial charge in [-0.3, -0.25) is 4.79 Å². The van der Waals surface area contributed by atoms with Crippen LogP contribution in [0.5, 0.6) is 11.6 Å². The van der Waals surface area contributed by atoms with Crippen LogP contribution >= 0.6 is 0 Å². The van der Waals surface area contributed by atoms with Crippen LogP contribution in [0.3, 0.4) is 0 Å². The summed E-state index contributed by atoms with van der Waals surface area (Å²) in [7, 11) is 11.3. The summed E-state index contributed by atoms with van der Waals surface area (Å²) in [5.41, 5.74) is 3.26. The number of nitrogens with one attached hydrogen (secondary N) is 2. The maximum Gasteiger partial charge on any atom is 0.224 e. The molecule has 0 unspecified atom stereocenters. The highest BCUT2D eigenvalue weighted by molar-refractivity contribution is 6.35. The number of ether oxygens (including phenoxy) is 1. The van der Waals surface area contributed by atoms with E-state index in [0.29, 0.717) is 23.9 Å². The summed E-state index contributed by atoms with van der Waals surface area (Å²) in [5, 5.41) is 5.86. The molecule has 0 aliphatic rings. The van der Waals surface area contributed by atoms with Crippen molar-refractivity contribution >= 4 is 33.1 Å². The Balaban J connectivity index is 1.56. The van der Waals surface area contributed by atoms with Crippen molar-refractivity contribution in [3.05, 3.63) is 84.3 Å². The minimum Gasteiger partial charge on any atom is -0.439 e. The Morgan fingerprint density at radius 1 is 1.07 bits per heavy atom. The molecule has 3 rings (SSSR count). The van der Waals surface area contributed by atoms with Crippen molar-refractivity contribution in [1.29, 1.82) is 0 Å². The van der Waals surface area contributed by atoms with Gasteiger partial charge in [-0.2, -0.15) is 0 Å². The van der Waals surface area contributed by atoms with Crippen molar-refractivity contribution in [2.45, 2.75) is 19.1 Å². The van der Waals surface area contributed by atoms with E-state index in [1.54, 1.807) is 6.07 Å². The molecule has 3 aromatic rings. The van der Waals surface area contributed by atoms with Crippen molar-refractivity contribution < 1.29 is 9.53 Å². The highest BCUT2D eigenvalue weighted by atomic mass is 16.5. The van der Waals surface area contributed by atoms with E-state index in [-0.39, 0.29) is 5.91 Å². The average molecular weight is 394 g/mol. The predicted molar refractivity (Wildman–Crippen MR) is 120 cm³/mol. The van der Waals surface area contributed by atoms with Crippen molar-refractivity contribution in [2.75, 3.05) is 10.6 Å². The molecule has 1 amide bonds. The van der Waals surface area contributed by atoms with Crippen molar-refractivity contribution in [2.24, 2.45) is 0 Å². The van der Waals surface area contributed by atoms with Gasteiger partial charge in [0.15, 0.2) is 0 Å². The Labute approximate surface area is 178 Å². The number of benzene rings is 2. The molecule has 2 aromatic carbocycles. The summed E-state index contributed by atoms with van der Waals surface area (Å²) in [5.74, 6) is 1.10. The highest BCUT2D eigenvalue weighted by Crippen LogP contribution is 2.23. The standard InChI is InChI=1S/C22H20B2N4O2/c1-14(11-16-3-5-17(6-4-16)22(23)24)27-18-7-9-19(10-8-18)30-21-12-20(25-13-26-21)28-15(2)29/h3-10,12-13,22,27H,1,11H2,2H3,(H,25,26,28,29). The number of carbonyl (C=O) groups excluding carboxylic acids is 1. The van der Waals surface area contributed by atoms with Gasteiger partial charge in [0.25, 0.3) is 0 Å². The molecule has 0 spiro atoms. The fraction of sp³-hybridized carbons (Fsp3) is 0.136. The molecule has 0 aliphatic carbocycles. The molecule has 1 heterocycles. The van der Waals surface area contributed by atoms with Crippen LogP contribution in [-0.2, 0) is 11.2 Å². The zero-order chi connectivity index (χ0) is 21.5. The number of hydrogen-bond acceptors (Lipinski definition) is 5. The molecule has 0 saturated carbocycles. The molecule has 8 heteroatoms. The zero-order valence-corrected chi connectivity index (χ0v) is 16.6. The minimum atomic E-state index is -0.472. The minimum absolute atomic E-state index is 0.214. The van der Waals surface area contributed by atoms with E-state index in [1.165, 1.54) is 13.3 Å². The van der Waals surface area contributed by atoms with E-state index in [4.69, 9.17) is 20.4 Å². The smallest absolute Gasteiger partial charge is 0.224 e. The highest BCUT2D eigenvalue weighted by Gasteiger charge is 2.05. The lowest BCUT2D eigenvalue weighted by atomic mass is 9.67. The second-order valence-electron chi connectivity index (χ2n) is 6.72. The lowest BCUT2D eigenvalue weighted by Crippen LogP contribution is -2.07. The van der Waals surface area contributed by atoms with Crippen LogP contribution in [0.15, 0.2) is 73.2 Å². The SMILES string of the molecule is [B]C([B])c1ccc(CC(=C)Nc2ccc(Oc3cc(NC(C)=O)ncn3)cc2)cc1. The normalized spacial score (nSPS) is 10.5. The molecule has 0 aliphatic heterocycles. The molecule has 1 aromatic heterocycles. The van der Waals surface area contributed by atoms with Crippen LogP contribution in [-0.4, -0.2) is 31.6 Å². The van der Waals surface area contributed by atoms with Gasteiger partial charge in [0.2, 0.25) is 11.8 Å². The van der Waals surface area contributed by atoms with Gasteiger partial charge in [0.1, 0.15) is 17.9 Å². The largest absolute Gasteiger partial charge is 0.439 e. The van der Waals surface area contributed by atoms with Crippen LogP contribution in [0.25, 0.3) is 0 Å². The summed E-state index contributed by atoms with van der Waals surface area (Å²) in [6, 6.07) is 16.8.